The van der Waals surface area contributed by atoms with E-state index < -0.39 is 0 Å². The third kappa shape index (κ3) is 3.87. The molecule has 8 heteroatoms. The number of anilines is 1. The standard InChI is InChI=1S/C20H24N4O4/c1-12-19(14-7-9-24(12)10-8-14)22-20(26)15-3-5-16(6-4-15)27-18-11-17(28-23-18)21-13(2)25/h3-6,11-12,14,19H,7-10H2,1-2H3,(H,21,25)(H,22,26). The quantitative estimate of drug-likeness (QED) is 0.823. The minimum atomic E-state index is -0.254. The number of amides is 2. The lowest BCUT2D eigenvalue weighted by atomic mass is 9.79. The molecule has 8 nitrogen and oxygen atoms in total. The van der Waals surface area contributed by atoms with Gasteiger partial charge in [-0.05, 0) is 68.2 Å². The predicted molar refractivity (Wildman–Crippen MR) is 102 cm³/mol. The molecule has 0 radical (unpaired) electrons. The van der Waals surface area contributed by atoms with E-state index in [1.807, 2.05) is 0 Å². The van der Waals surface area contributed by atoms with E-state index in [1.165, 1.54) is 13.0 Å². The zero-order valence-corrected chi connectivity index (χ0v) is 16.0. The van der Waals surface area contributed by atoms with E-state index in [9.17, 15) is 9.59 Å². The summed E-state index contributed by atoms with van der Waals surface area (Å²) in [7, 11) is 0. The molecule has 2 atom stereocenters. The van der Waals surface area contributed by atoms with Gasteiger partial charge in [-0.25, -0.2) is 0 Å². The van der Waals surface area contributed by atoms with Crippen LogP contribution < -0.4 is 15.4 Å². The highest BCUT2D eigenvalue weighted by molar-refractivity contribution is 5.94. The second-order valence-electron chi connectivity index (χ2n) is 7.45. The number of hydrogen-bond donors (Lipinski definition) is 2. The smallest absolute Gasteiger partial charge is 0.261 e. The van der Waals surface area contributed by atoms with Gasteiger partial charge in [0, 0.05) is 24.6 Å². The Balaban J connectivity index is 1.37. The molecule has 0 saturated carbocycles. The summed E-state index contributed by atoms with van der Waals surface area (Å²) in [5.41, 5.74) is 0.593. The number of nitrogens with zero attached hydrogens (tertiary/aromatic N) is 2. The summed E-state index contributed by atoms with van der Waals surface area (Å²) in [6.07, 6.45) is 2.31. The van der Waals surface area contributed by atoms with Crippen LogP contribution >= 0.6 is 0 Å². The summed E-state index contributed by atoms with van der Waals surface area (Å²) < 4.78 is 10.5. The van der Waals surface area contributed by atoms with Gasteiger partial charge >= 0.3 is 0 Å². The molecule has 3 fully saturated rings. The van der Waals surface area contributed by atoms with Crippen molar-refractivity contribution in [3.63, 3.8) is 0 Å². The molecule has 3 aliphatic rings. The first-order chi connectivity index (χ1) is 13.5. The SMILES string of the molecule is CC(=O)Nc1cc(Oc2ccc(C(=O)NC3C4CCN(CC4)C3C)cc2)no1. The van der Waals surface area contributed by atoms with Crippen LogP contribution in [0.2, 0.25) is 0 Å². The highest BCUT2D eigenvalue weighted by Gasteiger charge is 2.40. The number of carbonyl (C=O) groups excluding carboxylic acids is 2. The van der Waals surface area contributed by atoms with Gasteiger partial charge in [-0.2, -0.15) is 0 Å². The normalized spacial score (nSPS) is 25.9. The van der Waals surface area contributed by atoms with E-state index in [4.69, 9.17) is 9.26 Å². The number of nitrogens with one attached hydrogen (secondary N) is 2. The highest BCUT2D eigenvalue weighted by Crippen LogP contribution is 2.32. The Kier molecular flexibility index (Phi) is 5.04. The van der Waals surface area contributed by atoms with Crippen molar-refractivity contribution in [1.29, 1.82) is 0 Å². The molecule has 148 valence electrons. The fourth-order valence-electron chi connectivity index (χ4n) is 4.11. The van der Waals surface area contributed by atoms with Gasteiger partial charge in [-0.1, -0.05) is 0 Å². The molecule has 1 aromatic carbocycles. The Morgan fingerprint density at radius 2 is 1.93 bits per heavy atom. The molecule has 0 aliphatic carbocycles. The first kappa shape index (κ1) is 18.5. The van der Waals surface area contributed by atoms with Gasteiger partial charge in [-0.3, -0.25) is 19.8 Å². The molecule has 28 heavy (non-hydrogen) atoms. The van der Waals surface area contributed by atoms with E-state index in [0.717, 1.165) is 25.9 Å². The van der Waals surface area contributed by atoms with Crippen LogP contribution in [0.1, 0.15) is 37.0 Å². The molecule has 3 saturated heterocycles. The van der Waals surface area contributed by atoms with Gasteiger partial charge in [0.1, 0.15) is 5.75 Å². The van der Waals surface area contributed by atoms with Gasteiger partial charge in [0.2, 0.25) is 11.8 Å². The topological polar surface area (TPSA) is 96.7 Å². The number of benzene rings is 1. The van der Waals surface area contributed by atoms with Gasteiger partial charge in [-0.15, -0.1) is 0 Å². The lowest BCUT2D eigenvalue weighted by molar-refractivity contribution is -0.114. The van der Waals surface area contributed by atoms with Crippen molar-refractivity contribution in [2.75, 3.05) is 18.4 Å². The van der Waals surface area contributed by atoms with E-state index >= 15 is 0 Å². The van der Waals surface area contributed by atoms with Gasteiger partial charge in [0.25, 0.3) is 11.8 Å². The Bertz CT molecular complexity index is 853. The Morgan fingerprint density at radius 3 is 2.57 bits per heavy atom. The van der Waals surface area contributed by atoms with Gasteiger partial charge in [0.15, 0.2) is 0 Å². The lowest BCUT2D eigenvalue weighted by Crippen LogP contribution is -2.62. The Labute approximate surface area is 163 Å². The van der Waals surface area contributed by atoms with Crippen LogP contribution in [0.15, 0.2) is 34.9 Å². The molecule has 1 aromatic heterocycles. The number of hydrogen-bond acceptors (Lipinski definition) is 6. The van der Waals surface area contributed by atoms with Crippen LogP contribution in [0.25, 0.3) is 0 Å². The summed E-state index contributed by atoms with van der Waals surface area (Å²) >= 11 is 0. The molecule has 3 aliphatic heterocycles. The minimum Gasteiger partial charge on any atom is -0.436 e. The van der Waals surface area contributed by atoms with Crippen LogP contribution in [0, 0.1) is 5.92 Å². The Hall–Kier alpha value is -2.87. The number of aromatic nitrogens is 1. The lowest BCUT2D eigenvalue weighted by Gasteiger charge is -2.49. The van der Waals surface area contributed by atoms with Crippen LogP contribution in [-0.2, 0) is 4.79 Å². The van der Waals surface area contributed by atoms with Crippen molar-refractivity contribution < 1.29 is 18.8 Å². The number of rotatable bonds is 5. The number of ether oxygens (including phenoxy) is 1. The maximum Gasteiger partial charge on any atom is 0.261 e. The van der Waals surface area contributed by atoms with E-state index in [1.54, 1.807) is 24.3 Å². The fourth-order valence-corrected chi connectivity index (χ4v) is 4.11. The van der Waals surface area contributed by atoms with Gasteiger partial charge < -0.3 is 14.6 Å². The predicted octanol–water partition coefficient (Wildman–Crippen LogP) is 2.64. The second-order valence-corrected chi connectivity index (χ2v) is 7.45. The largest absolute Gasteiger partial charge is 0.436 e. The molecule has 2 bridgehead atoms. The van der Waals surface area contributed by atoms with E-state index in [0.29, 0.717) is 23.3 Å². The molecule has 2 aromatic rings. The highest BCUT2D eigenvalue weighted by atomic mass is 16.5. The Morgan fingerprint density at radius 1 is 1.21 bits per heavy atom. The van der Waals surface area contributed by atoms with E-state index in [2.05, 4.69) is 27.6 Å². The maximum atomic E-state index is 12.7. The molecular formula is C20H24N4O4. The van der Waals surface area contributed by atoms with Gasteiger partial charge in [0.05, 0.1) is 6.07 Å². The fraction of sp³-hybridized carbons (Fsp3) is 0.450. The monoisotopic (exact) mass is 384 g/mol. The molecule has 4 heterocycles. The number of fused-ring (bicyclic) bond motifs is 3. The number of piperidine rings is 3. The average molecular weight is 384 g/mol. The first-order valence-electron chi connectivity index (χ1n) is 9.57. The van der Waals surface area contributed by atoms with Crippen molar-refractivity contribution in [2.24, 2.45) is 5.92 Å². The summed E-state index contributed by atoms with van der Waals surface area (Å²) in [6, 6.07) is 8.94. The van der Waals surface area contributed by atoms with Crippen molar-refractivity contribution in [3.05, 3.63) is 35.9 Å². The molecular weight excluding hydrogens is 360 g/mol. The maximum absolute atomic E-state index is 12.7. The molecule has 2 amide bonds. The van der Waals surface area contributed by atoms with Crippen LogP contribution in [0.3, 0.4) is 0 Å². The van der Waals surface area contributed by atoms with Crippen molar-refractivity contribution in [2.45, 2.75) is 38.8 Å². The van der Waals surface area contributed by atoms with E-state index in [-0.39, 0.29) is 29.6 Å². The number of carbonyl (C=O) groups is 2. The average Bonchev–Trinajstić information content (AvgIpc) is 3.11. The third-order valence-corrected chi connectivity index (χ3v) is 5.60. The van der Waals surface area contributed by atoms with Crippen LogP contribution in [-0.4, -0.2) is 47.0 Å². The zero-order valence-electron chi connectivity index (χ0n) is 16.0. The molecule has 2 unspecified atom stereocenters. The molecule has 2 N–H and O–H groups in total. The summed E-state index contributed by atoms with van der Waals surface area (Å²) in [5.74, 6) is 1.21. The van der Waals surface area contributed by atoms with Crippen molar-refractivity contribution in [3.8, 4) is 11.6 Å². The summed E-state index contributed by atoms with van der Waals surface area (Å²) in [6.45, 7) is 5.84. The summed E-state index contributed by atoms with van der Waals surface area (Å²) in [5, 5.41) is 9.44. The van der Waals surface area contributed by atoms with Crippen LogP contribution in [0.4, 0.5) is 5.88 Å². The molecule has 0 spiro atoms. The minimum absolute atomic E-state index is 0.0634. The van der Waals surface area contributed by atoms with Crippen molar-refractivity contribution >= 4 is 17.7 Å². The summed E-state index contributed by atoms with van der Waals surface area (Å²) in [4.78, 5) is 26.1. The molecule has 5 rings (SSSR count). The zero-order chi connectivity index (χ0) is 19.7. The second kappa shape index (κ2) is 7.63. The van der Waals surface area contributed by atoms with Crippen LogP contribution in [0.5, 0.6) is 11.6 Å². The third-order valence-electron chi connectivity index (χ3n) is 5.60. The van der Waals surface area contributed by atoms with Crippen molar-refractivity contribution in [1.82, 2.24) is 15.4 Å². The first-order valence-corrected chi connectivity index (χ1v) is 9.57.